The van der Waals surface area contributed by atoms with Crippen LogP contribution in [0.3, 0.4) is 0 Å². The lowest BCUT2D eigenvalue weighted by molar-refractivity contribution is 0.0782. The maximum atomic E-state index is 12.4. The van der Waals surface area contributed by atoms with Crippen LogP contribution in [0.15, 0.2) is 45.3 Å². The first-order valence-electron chi connectivity index (χ1n) is 6.10. The Bertz CT molecular complexity index is 644. The molecule has 1 aromatic heterocycles. The van der Waals surface area contributed by atoms with Gasteiger partial charge >= 0.3 is 0 Å². The summed E-state index contributed by atoms with van der Waals surface area (Å²) < 4.78 is 1.71. The van der Waals surface area contributed by atoms with E-state index in [9.17, 15) is 4.79 Å². The van der Waals surface area contributed by atoms with Gasteiger partial charge in [0.25, 0.3) is 5.91 Å². The fourth-order valence-corrected chi connectivity index (χ4v) is 3.09. The smallest absolute Gasteiger partial charge is 0.255 e. The van der Waals surface area contributed by atoms with Crippen molar-refractivity contribution in [2.24, 2.45) is 0 Å². The number of carbonyl (C=O) groups excluding carboxylic acids is 1. The van der Waals surface area contributed by atoms with E-state index in [1.807, 2.05) is 37.3 Å². The highest BCUT2D eigenvalue weighted by atomic mass is 79.9. The summed E-state index contributed by atoms with van der Waals surface area (Å²) in [5.41, 5.74) is 2.48. The third-order valence-electron chi connectivity index (χ3n) is 2.85. The van der Waals surface area contributed by atoms with Gasteiger partial charge in [0, 0.05) is 21.7 Å². The topological polar surface area (TPSA) is 33.2 Å². The van der Waals surface area contributed by atoms with Crippen LogP contribution >= 0.6 is 31.9 Å². The third-order valence-corrected chi connectivity index (χ3v) is 4.00. The minimum Gasteiger partial charge on any atom is -0.336 e. The Hall–Kier alpha value is -1.20. The zero-order valence-corrected chi connectivity index (χ0v) is 14.4. The van der Waals surface area contributed by atoms with E-state index >= 15 is 0 Å². The molecule has 0 spiro atoms. The predicted molar refractivity (Wildman–Crippen MR) is 86.6 cm³/mol. The van der Waals surface area contributed by atoms with Crippen molar-refractivity contribution in [2.75, 3.05) is 7.05 Å². The molecule has 0 saturated heterocycles. The van der Waals surface area contributed by atoms with Crippen LogP contribution in [0.2, 0.25) is 0 Å². The summed E-state index contributed by atoms with van der Waals surface area (Å²) in [5, 5.41) is 0. The van der Waals surface area contributed by atoms with E-state index in [1.54, 1.807) is 18.0 Å². The highest BCUT2D eigenvalue weighted by molar-refractivity contribution is 9.11. The van der Waals surface area contributed by atoms with E-state index in [0.717, 1.165) is 20.3 Å². The molecule has 1 aromatic carbocycles. The zero-order chi connectivity index (χ0) is 14.7. The Labute approximate surface area is 135 Å². The molecule has 1 heterocycles. The SMILES string of the molecule is Cc1cccc(CN(C)C(=O)c2ccc(Br)cc2Br)n1. The number of aromatic nitrogens is 1. The second kappa shape index (κ2) is 6.50. The second-order valence-corrected chi connectivity index (χ2v) is 6.33. The lowest BCUT2D eigenvalue weighted by atomic mass is 10.2. The largest absolute Gasteiger partial charge is 0.336 e. The lowest BCUT2D eigenvalue weighted by Crippen LogP contribution is -2.27. The molecule has 20 heavy (non-hydrogen) atoms. The molecule has 0 bridgehead atoms. The normalized spacial score (nSPS) is 10.4. The maximum Gasteiger partial charge on any atom is 0.255 e. The van der Waals surface area contributed by atoms with Gasteiger partial charge < -0.3 is 4.90 Å². The van der Waals surface area contributed by atoms with Crippen molar-refractivity contribution in [1.29, 1.82) is 0 Å². The second-order valence-electron chi connectivity index (χ2n) is 4.56. The Morgan fingerprint density at radius 2 is 2.00 bits per heavy atom. The van der Waals surface area contributed by atoms with E-state index in [0.29, 0.717) is 12.1 Å². The Balaban J connectivity index is 2.16. The van der Waals surface area contributed by atoms with Crippen LogP contribution in [0.4, 0.5) is 0 Å². The number of pyridine rings is 1. The summed E-state index contributed by atoms with van der Waals surface area (Å²) in [6.07, 6.45) is 0. The number of halogens is 2. The van der Waals surface area contributed by atoms with Gasteiger partial charge in [-0.3, -0.25) is 9.78 Å². The van der Waals surface area contributed by atoms with Crippen LogP contribution in [0.25, 0.3) is 0 Å². The minimum absolute atomic E-state index is 0.0346. The average molecular weight is 398 g/mol. The summed E-state index contributed by atoms with van der Waals surface area (Å²) in [6.45, 7) is 2.43. The molecule has 104 valence electrons. The molecule has 0 radical (unpaired) electrons. The standard InChI is InChI=1S/C15H14Br2N2O/c1-10-4-3-5-12(18-10)9-19(2)15(20)13-7-6-11(16)8-14(13)17/h3-8H,9H2,1-2H3. The summed E-state index contributed by atoms with van der Waals surface area (Å²) >= 11 is 6.80. The van der Waals surface area contributed by atoms with Crippen LogP contribution in [-0.2, 0) is 6.54 Å². The van der Waals surface area contributed by atoms with Crippen molar-refractivity contribution in [1.82, 2.24) is 9.88 Å². The molecule has 0 aliphatic heterocycles. The summed E-state index contributed by atoms with van der Waals surface area (Å²) in [5.74, 6) is -0.0346. The molecule has 5 heteroatoms. The Morgan fingerprint density at radius 3 is 2.65 bits per heavy atom. The molecule has 0 N–H and O–H groups in total. The lowest BCUT2D eigenvalue weighted by Gasteiger charge is -2.18. The van der Waals surface area contributed by atoms with Gasteiger partial charge in [0.05, 0.1) is 17.8 Å². The van der Waals surface area contributed by atoms with Gasteiger partial charge in [0.2, 0.25) is 0 Å². The van der Waals surface area contributed by atoms with Gasteiger partial charge in [0.15, 0.2) is 0 Å². The molecule has 2 aromatic rings. The molecular formula is C15H14Br2N2O. The molecule has 0 aliphatic carbocycles. The first-order chi connectivity index (χ1) is 9.47. The quantitative estimate of drug-likeness (QED) is 0.777. The van der Waals surface area contributed by atoms with Crippen LogP contribution in [-0.4, -0.2) is 22.8 Å². The third kappa shape index (κ3) is 3.67. The molecule has 0 saturated carbocycles. The van der Waals surface area contributed by atoms with E-state index in [-0.39, 0.29) is 5.91 Å². The number of benzene rings is 1. The Morgan fingerprint density at radius 1 is 1.25 bits per heavy atom. The number of carbonyl (C=O) groups is 1. The number of rotatable bonds is 3. The molecule has 0 unspecified atom stereocenters. The Kier molecular flexibility index (Phi) is 4.94. The van der Waals surface area contributed by atoms with Crippen molar-refractivity contribution in [3.8, 4) is 0 Å². The number of hydrogen-bond acceptors (Lipinski definition) is 2. The fraction of sp³-hybridized carbons (Fsp3) is 0.200. The number of amides is 1. The van der Waals surface area contributed by atoms with E-state index in [2.05, 4.69) is 36.8 Å². The van der Waals surface area contributed by atoms with Gasteiger partial charge in [-0.15, -0.1) is 0 Å². The molecule has 0 atom stereocenters. The zero-order valence-electron chi connectivity index (χ0n) is 11.2. The van der Waals surface area contributed by atoms with Crippen LogP contribution in [0, 0.1) is 6.92 Å². The van der Waals surface area contributed by atoms with Crippen LogP contribution in [0.1, 0.15) is 21.7 Å². The van der Waals surface area contributed by atoms with Crippen LogP contribution in [0.5, 0.6) is 0 Å². The van der Waals surface area contributed by atoms with E-state index in [1.165, 1.54) is 0 Å². The molecule has 2 rings (SSSR count). The van der Waals surface area contributed by atoms with Crippen molar-refractivity contribution in [2.45, 2.75) is 13.5 Å². The first-order valence-corrected chi connectivity index (χ1v) is 7.69. The number of hydrogen-bond donors (Lipinski definition) is 0. The first kappa shape index (κ1) is 15.2. The number of aryl methyl sites for hydroxylation is 1. The molecule has 0 aliphatic rings. The van der Waals surface area contributed by atoms with Crippen molar-refractivity contribution in [3.63, 3.8) is 0 Å². The van der Waals surface area contributed by atoms with Gasteiger partial charge in [-0.25, -0.2) is 0 Å². The number of nitrogens with zero attached hydrogens (tertiary/aromatic N) is 2. The summed E-state index contributed by atoms with van der Waals surface area (Å²) in [7, 11) is 1.78. The average Bonchev–Trinajstić information content (AvgIpc) is 2.38. The molecule has 0 fully saturated rings. The van der Waals surface area contributed by atoms with E-state index < -0.39 is 0 Å². The van der Waals surface area contributed by atoms with Gasteiger partial charge in [-0.1, -0.05) is 22.0 Å². The highest BCUT2D eigenvalue weighted by Crippen LogP contribution is 2.23. The fourth-order valence-electron chi connectivity index (χ4n) is 1.87. The summed E-state index contributed by atoms with van der Waals surface area (Å²) in [6, 6.07) is 11.3. The summed E-state index contributed by atoms with van der Waals surface area (Å²) in [4.78, 5) is 18.5. The van der Waals surface area contributed by atoms with Gasteiger partial charge in [-0.05, 0) is 53.2 Å². The molecular weight excluding hydrogens is 384 g/mol. The van der Waals surface area contributed by atoms with Crippen LogP contribution < -0.4 is 0 Å². The monoisotopic (exact) mass is 396 g/mol. The van der Waals surface area contributed by atoms with Crippen molar-refractivity contribution >= 4 is 37.8 Å². The molecule has 3 nitrogen and oxygen atoms in total. The highest BCUT2D eigenvalue weighted by Gasteiger charge is 2.15. The molecule has 1 amide bonds. The van der Waals surface area contributed by atoms with E-state index in [4.69, 9.17) is 0 Å². The van der Waals surface area contributed by atoms with Crippen molar-refractivity contribution in [3.05, 3.63) is 62.3 Å². The van der Waals surface area contributed by atoms with Gasteiger partial charge in [0.1, 0.15) is 0 Å². The minimum atomic E-state index is -0.0346. The maximum absolute atomic E-state index is 12.4. The van der Waals surface area contributed by atoms with Gasteiger partial charge in [-0.2, -0.15) is 0 Å². The predicted octanol–water partition coefficient (Wildman–Crippen LogP) is 4.19. The van der Waals surface area contributed by atoms with Crippen molar-refractivity contribution < 1.29 is 4.79 Å².